The van der Waals surface area contributed by atoms with Gasteiger partial charge in [-0.2, -0.15) is 0 Å². The van der Waals surface area contributed by atoms with Crippen LogP contribution in [0.3, 0.4) is 0 Å². The summed E-state index contributed by atoms with van der Waals surface area (Å²) in [5, 5.41) is 9.32. The molecule has 1 aliphatic rings. The molecule has 1 saturated carbocycles. The summed E-state index contributed by atoms with van der Waals surface area (Å²) in [5.74, 6) is 0.951. The lowest BCUT2D eigenvalue weighted by Crippen LogP contribution is -2.23. The lowest BCUT2D eigenvalue weighted by Gasteiger charge is -2.03. The molecular weight excluding hydrogens is 294 g/mol. The Morgan fingerprint density at radius 3 is 2.86 bits per heavy atom. The molecule has 3 rings (SSSR count). The lowest BCUT2D eigenvalue weighted by molar-refractivity contribution is 0.270. The van der Waals surface area contributed by atoms with Gasteiger partial charge in [-0.1, -0.05) is 0 Å². The van der Waals surface area contributed by atoms with Crippen LogP contribution < -0.4 is 4.72 Å². The van der Waals surface area contributed by atoms with E-state index in [1.54, 1.807) is 13.1 Å². The van der Waals surface area contributed by atoms with Crippen molar-refractivity contribution in [3.05, 3.63) is 35.8 Å². The molecule has 1 fully saturated rings. The first-order valence-corrected chi connectivity index (χ1v) is 8.20. The molecule has 0 unspecified atom stereocenters. The first-order chi connectivity index (χ1) is 9.99. The van der Waals surface area contributed by atoms with E-state index in [4.69, 9.17) is 4.42 Å². The molecule has 114 valence electrons. The lowest BCUT2D eigenvalue weighted by atomic mass is 10.4. The predicted octanol–water partition coefficient (Wildman–Crippen LogP) is 1.09. The molecule has 2 heterocycles. The molecule has 21 heavy (non-hydrogen) atoms. The number of aliphatic hydroxyl groups excluding tert-OH is 1. The first kappa shape index (κ1) is 14.3. The van der Waals surface area contributed by atoms with E-state index in [1.807, 2.05) is 4.57 Å². The van der Waals surface area contributed by atoms with Crippen LogP contribution in [0.2, 0.25) is 0 Å². The Labute approximate surface area is 122 Å². The average Bonchev–Trinajstić information content (AvgIpc) is 3.05. The van der Waals surface area contributed by atoms with Crippen molar-refractivity contribution in [2.75, 3.05) is 0 Å². The number of aryl methyl sites for hydroxylation is 1. The summed E-state index contributed by atoms with van der Waals surface area (Å²) in [6.45, 7) is 1.57. The number of oxazole rings is 1. The van der Waals surface area contributed by atoms with Crippen LogP contribution in [0, 0.1) is 6.92 Å². The minimum absolute atomic E-state index is 0.000754. The molecule has 0 spiro atoms. The largest absolute Gasteiger partial charge is 0.445 e. The van der Waals surface area contributed by atoms with E-state index in [-0.39, 0.29) is 18.0 Å². The van der Waals surface area contributed by atoms with Gasteiger partial charge in [-0.3, -0.25) is 0 Å². The zero-order valence-corrected chi connectivity index (χ0v) is 12.4. The maximum absolute atomic E-state index is 12.3. The maximum atomic E-state index is 12.3. The number of hydrogen-bond acceptors (Lipinski definition) is 5. The van der Waals surface area contributed by atoms with Crippen LogP contribution in [0.25, 0.3) is 0 Å². The van der Waals surface area contributed by atoms with E-state index >= 15 is 0 Å². The average molecular weight is 311 g/mol. The molecule has 0 aliphatic heterocycles. The summed E-state index contributed by atoms with van der Waals surface area (Å²) in [6, 6.07) is 1.81. The summed E-state index contributed by atoms with van der Waals surface area (Å²) in [5.41, 5.74) is 0.616. The molecule has 0 saturated heterocycles. The molecule has 2 aromatic heterocycles. The smallest absolute Gasteiger partial charge is 0.242 e. The Morgan fingerprint density at radius 1 is 1.52 bits per heavy atom. The van der Waals surface area contributed by atoms with Gasteiger partial charge >= 0.3 is 0 Å². The van der Waals surface area contributed by atoms with Crippen molar-refractivity contribution in [1.29, 1.82) is 0 Å². The van der Waals surface area contributed by atoms with E-state index in [2.05, 4.69) is 9.71 Å². The standard InChI is InChI=1S/C13H17N3O4S/c1-9-5-14-13(20-9)6-15-21(18,19)12-4-11(8-17)16(7-12)10-2-3-10/h4-5,7,10,15,17H,2-3,6,8H2,1H3. The van der Waals surface area contributed by atoms with Crippen LogP contribution in [0.1, 0.15) is 36.2 Å². The zero-order chi connectivity index (χ0) is 15.0. The Kier molecular flexibility index (Phi) is 3.60. The third-order valence-corrected chi connectivity index (χ3v) is 4.77. The van der Waals surface area contributed by atoms with Crippen LogP contribution in [-0.4, -0.2) is 23.1 Å². The molecule has 0 amide bonds. The van der Waals surface area contributed by atoms with Crippen molar-refractivity contribution in [3.63, 3.8) is 0 Å². The van der Waals surface area contributed by atoms with Gasteiger partial charge < -0.3 is 14.1 Å². The molecule has 2 N–H and O–H groups in total. The van der Waals surface area contributed by atoms with Gasteiger partial charge in [0.2, 0.25) is 15.9 Å². The van der Waals surface area contributed by atoms with Gasteiger partial charge in [0.25, 0.3) is 0 Å². The van der Waals surface area contributed by atoms with E-state index in [0.717, 1.165) is 12.8 Å². The van der Waals surface area contributed by atoms with Gasteiger partial charge in [0.15, 0.2) is 0 Å². The topological polar surface area (TPSA) is 97.4 Å². The van der Waals surface area contributed by atoms with Crippen LogP contribution in [0.5, 0.6) is 0 Å². The van der Waals surface area contributed by atoms with Gasteiger partial charge in [-0.15, -0.1) is 0 Å². The number of rotatable bonds is 6. The minimum atomic E-state index is -3.65. The van der Waals surface area contributed by atoms with E-state index in [0.29, 0.717) is 23.4 Å². The van der Waals surface area contributed by atoms with Crippen LogP contribution in [0.4, 0.5) is 0 Å². The predicted molar refractivity (Wildman–Crippen MR) is 73.9 cm³/mol. The Balaban J connectivity index is 1.77. The first-order valence-electron chi connectivity index (χ1n) is 6.72. The molecule has 0 aromatic carbocycles. The molecular formula is C13H17N3O4S. The van der Waals surface area contributed by atoms with E-state index < -0.39 is 10.0 Å². The molecule has 8 heteroatoms. The third kappa shape index (κ3) is 3.02. The third-order valence-electron chi connectivity index (χ3n) is 3.40. The summed E-state index contributed by atoms with van der Waals surface area (Å²) in [6.07, 6.45) is 5.15. The Bertz CT molecular complexity index is 743. The second-order valence-corrected chi connectivity index (χ2v) is 6.92. The summed E-state index contributed by atoms with van der Waals surface area (Å²) < 4.78 is 34.0. The number of aliphatic hydroxyl groups is 1. The number of hydrogen-bond donors (Lipinski definition) is 2. The van der Waals surface area contributed by atoms with Crippen molar-refractivity contribution in [2.45, 2.75) is 43.9 Å². The molecule has 2 aromatic rings. The number of nitrogens with zero attached hydrogens (tertiary/aromatic N) is 2. The van der Waals surface area contributed by atoms with Crippen molar-refractivity contribution in [1.82, 2.24) is 14.3 Å². The molecule has 0 atom stereocenters. The second kappa shape index (κ2) is 5.28. The number of sulfonamides is 1. The normalized spacial score (nSPS) is 15.5. The van der Waals surface area contributed by atoms with E-state index in [9.17, 15) is 13.5 Å². The van der Waals surface area contributed by atoms with Gasteiger partial charge in [-0.05, 0) is 25.8 Å². The van der Waals surface area contributed by atoms with Gasteiger partial charge in [0, 0.05) is 17.9 Å². The number of nitrogens with one attached hydrogen (secondary N) is 1. The maximum Gasteiger partial charge on any atom is 0.242 e. The van der Waals surface area contributed by atoms with Crippen LogP contribution in [0.15, 0.2) is 27.8 Å². The van der Waals surface area contributed by atoms with Crippen LogP contribution >= 0.6 is 0 Å². The highest BCUT2D eigenvalue weighted by molar-refractivity contribution is 7.89. The van der Waals surface area contributed by atoms with Gasteiger partial charge in [0.1, 0.15) is 5.76 Å². The molecule has 0 radical (unpaired) electrons. The molecule has 1 aliphatic carbocycles. The van der Waals surface area contributed by atoms with Crippen molar-refractivity contribution in [3.8, 4) is 0 Å². The van der Waals surface area contributed by atoms with Crippen molar-refractivity contribution >= 4 is 10.0 Å². The minimum Gasteiger partial charge on any atom is -0.445 e. The summed E-state index contributed by atoms with van der Waals surface area (Å²) in [7, 11) is -3.65. The van der Waals surface area contributed by atoms with Gasteiger partial charge in [-0.25, -0.2) is 18.1 Å². The summed E-state index contributed by atoms with van der Waals surface area (Å²) in [4.78, 5) is 4.11. The quantitative estimate of drug-likeness (QED) is 0.832. The Morgan fingerprint density at radius 2 is 2.29 bits per heavy atom. The molecule has 7 nitrogen and oxygen atoms in total. The number of aromatic nitrogens is 2. The van der Waals surface area contributed by atoms with Crippen LogP contribution in [-0.2, 0) is 23.2 Å². The summed E-state index contributed by atoms with van der Waals surface area (Å²) >= 11 is 0. The highest BCUT2D eigenvalue weighted by Crippen LogP contribution is 2.37. The highest BCUT2D eigenvalue weighted by atomic mass is 32.2. The fraction of sp³-hybridized carbons (Fsp3) is 0.462. The Hall–Kier alpha value is -1.64. The van der Waals surface area contributed by atoms with Crippen molar-refractivity contribution < 1.29 is 17.9 Å². The monoisotopic (exact) mass is 311 g/mol. The van der Waals surface area contributed by atoms with Gasteiger partial charge in [0.05, 0.1) is 24.2 Å². The fourth-order valence-corrected chi connectivity index (χ4v) is 3.21. The fourth-order valence-electron chi connectivity index (χ4n) is 2.19. The van der Waals surface area contributed by atoms with E-state index in [1.165, 1.54) is 12.3 Å². The SMILES string of the molecule is Cc1cnc(CNS(=O)(=O)c2cc(CO)n(C3CC3)c2)o1. The molecule has 0 bridgehead atoms. The zero-order valence-electron chi connectivity index (χ0n) is 11.6. The van der Waals surface area contributed by atoms with Crippen molar-refractivity contribution in [2.24, 2.45) is 0 Å². The highest BCUT2D eigenvalue weighted by Gasteiger charge is 2.28. The second-order valence-electron chi connectivity index (χ2n) is 5.15.